The number of pyridine rings is 1. The van der Waals surface area contributed by atoms with Crippen LogP contribution in [0.25, 0.3) is 0 Å². The summed E-state index contributed by atoms with van der Waals surface area (Å²) < 4.78 is 4.83. The number of nitrogens with zero attached hydrogens (tertiary/aromatic N) is 1. The monoisotopic (exact) mass is 259 g/mol. The Morgan fingerprint density at radius 2 is 2.14 bits per heavy atom. The SMILES string of the molecule is COC(=O)c1nc(C(=O)O)ccc1Br. The molecule has 0 fully saturated rings. The summed E-state index contributed by atoms with van der Waals surface area (Å²) >= 11 is 3.06. The standard InChI is InChI=1S/C8H6BrNO4/c1-14-8(13)6-4(9)2-3-5(10-6)7(11)12/h2-3H,1H3,(H,11,12). The van der Waals surface area contributed by atoms with E-state index < -0.39 is 11.9 Å². The first-order chi connectivity index (χ1) is 6.56. The van der Waals surface area contributed by atoms with Crippen LogP contribution >= 0.6 is 15.9 Å². The third-order valence-corrected chi connectivity index (χ3v) is 2.08. The molecule has 0 saturated heterocycles. The summed E-state index contributed by atoms with van der Waals surface area (Å²) in [6.07, 6.45) is 0. The molecule has 6 heteroatoms. The van der Waals surface area contributed by atoms with Gasteiger partial charge in [0, 0.05) is 0 Å². The molecule has 0 amide bonds. The van der Waals surface area contributed by atoms with Crippen LogP contribution < -0.4 is 0 Å². The van der Waals surface area contributed by atoms with Crippen LogP contribution in [0.3, 0.4) is 0 Å². The predicted molar refractivity (Wildman–Crippen MR) is 50.2 cm³/mol. The van der Waals surface area contributed by atoms with Crippen molar-refractivity contribution in [2.24, 2.45) is 0 Å². The zero-order valence-electron chi connectivity index (χ0n) is 7.15. The number of esters is 1. The van der Waals surface area contributed by atoms with Crippen molar-refractivity contribution < 1.29 is 19.4 Å². The van der Waals surface area contributed by atoms with Crippen molar-refractivity contribution >= 4 is 27.9 Å². The lowest BCUT2D eigenvalue weighted by molar-refractivity contribution is 0.0592. The fourth-order valence-electron chi connectivity index (χ4n) is 0.801. The molecule has 1 rings (SSSR count). The van der Waals surface area contributed by atoms with Crippen LogP contribution in [0.1, 0.15) is 21.0 Å². The average Bonchev–Trinajstić information content (AvgIpc) is 2.17. The Morgan fingerprint density at radius 3 is 2.64 bits per heavy atom. The maximum absolute atomic E-state index is 11.1. The molecule has 0 spiro atoms. The van der Waals surface area contributed by atoms with Crippen LogP contribution in [0.4, 0.5) is 0 Å². The summed E-state index contributed by atoms with van der Waals surface area (Å²) in [5, 5.41) is 8.62. The highest BCUT2D eigenvalue weighted by molar-refractivity contribution is 9.10. The second-order valence-corrected chi connectivity index (χ2v) is 3.18. The number of carboxylic acids is 1. The van der Waals surface area contributed by atoms with E-state index in [1.165, 1.54) is 19.2 Å². The maximum atomic E-state index is 11.1. The lowest BCUT2D eigenvalue weighted by Crippen LogP contribution is -2.09. The molecular formula is C8H6BrNO4. The molecule has 0 unspecified atom stereocenters. The van der Waals surface area contributed by atoms with Crippen molar-refractivity contribution in [1.82, 2.24) is 4.98 Å². The molecule has 0 aliphatic carbocycles. The summed E-state index contributed by atoms with van der Waals surface area (Å²) in [6, 6.07) is 2.72. The van der Waals surface area contributed by atoms with E-state index in [2.05, 4.69) is 25.7 Å². The van der Waals surface area contributed by atoms with Gasteiger partial charge in [0.05, 0.1) is 11.6 Å². The van der Waals surface area contributed by atoms with Crippen molar-refractivity contribution in [1.29, 1.82) is 0 Å². The average molecular weight is 260 g/mol. The molecule has 14 heavy (non-hydrogen) atoms. The van der Waals surface area contributed by atoms with Crippen LogP contribution in [-0.2, 0) is 4.74 Å². The summed E-state index contributed by atoms with van der Waals surface area (Å²) in [7, 11) is 1.20. The zero-order valence-corrected chi connectivity index (χ0v) is 8.74. The number of rotatable bonds is 2. The van der Waals surface area contributed by atoms with Crippen LogP contribution in [0.2, 0.25) is 0 Å². The summed E-state index contributed by atoms with van der Waals surface area (Å²) in [5.41, 5.74) is -0.249. The molecule has 0 aliphatic rings. The molecular weight excluding hydrogens is 254 g/mol. The number of hydrogen-bond donors (Lipinski definition) is 1. The van der Waals surface area contributed by atoms with E-state index in [-0.39, 0.29) is 11.4 Å². The number of carboxylic acid groups (broad SMARTS) is 1. The Balaban J connectivity index is 3.21. The van der Waals surface area contributed by atoms with Gasteiger partial charge in [0.15, 0.2) is 5.69 Å². The highest BCUT2D eigenvalue weighted by Gasteiger charge is 2.15. The Kier molecular flexibility index (Phi) is 3.19. The van der Waals surface area contributed by atoms with Gasteiger partial charge < -0.3 is 9.84 Å². The Hall–Kier alpha value is -1.43. The number of carbonyl (C=O) groups excluding carboxylic acids is 1. The fourth-order valence-corrected chi connectivity index (χ4v) is 1.18. The number of halogens is 1. The number of ether oxygens (including phenoxy) is 1. The third-order valence-electron chi connectivity index (χ3n) is 1.44. The van der Waals surface area contributed by atoms with Crippen LogP contribution in [0.15, 0.2) is 16.6 Å². The van der Waals surface area contributed by atoms with E-state index in [4.69, 9.17) is 5.11 Å². The highest BCUT2D eigenvalue weighted by atomic mass is 79.9. The molecule has 1 N–H and O–H groups in total. The van der Waals surface area contributed by atoms with Crippen LogP contribution in [0.5, 0.6) is 0 Å². The van der Waals surface area contributed by atoms with E-state index >= 15 is 0 Å². The van der Waals surface area contributed by atoms with E-state index in [1.807, 2.05) is 0 Å². The normalized spacial score (nSPS) is 9.57. The molecule has 0 aromatic carbocycles. The Bertz CT molecular complexity index is 391. The van der Waals surface area contributed by atoms with Gasteiger partial charge in [0.2, 0.25) is 0 Å². The summed E-state index contributed by atoms with van der Waals surface area (Å²) in [6.45, 7) is 0. The largest absolute Gasteiger partial charge is 0.477 e. The minimum atomic E-state index is -1.19. The molecule has 0 aliphatic heterocycles. The van der Waals surface area contributed by atoms with E-state index in [0.717, 1.165) is 0 Å². The predicted octanol–water partition coefficient (Wildman–Crippen LogP) is 1.33. The molecule has 74 valence electrons. The molecule has 5 nitrogen and oxygen atoms in total. The second kappa shape index (κ2) is 4.19. The maximum Gasteiger partial charge on any atom is 0.357 e. The number of carbonyl (C=O) groups is 2. The first-order valence-electron chi connectivity index (χ1n) is 3.54. The van der Waals surface area contributed by atoms with E-state index in [0.29, 0.717) is 4.47 Å². The first kappa shape index (κ1) is 10.6. The van der Waals surface area contributed by atoms with Crippen molar-refractivity contribution in [3.63, 3.8) is 0 Å². The van der Waals surface area contributed by atoms with Gasteiger partial charge in [-0.05, 0) is 28.1 Å². The fraction of sp³-hybridized carbons (Fsp3) is 0.125. The number of aromatic nitrogens is 1. The number of methoxy groups -OCH3 is 1. The topological polar surface area (TPSA) is 76.5 Å². The zero-order chi connectivity index (χ0) is 10.7. The molecule has 0 atom stereocenters. The Morgan fingerprint density at radius 1 is 1.50 bits per heavy atom. The Labute approximate surface area is 87.8 Å². The van der Waals surface area contributed by atoms with Crippen LogP contribution in [0, 0.1) is 0 Å². The molecule has 1 heterocycles. The second-order valence-electron chi connectivity index (χ2n) is 2.32. The highest BCUT2D eigenvalue weighted by Crippen LogP contribution is 2.15. The first-order valence-corrected chi connectivity index (χ1v) is 4.33. The number of aromatic carboxylic acids is 1. The minimum Gasteiger partial charge on any atom is -0.477 e. The third kappa shape index (κ3) is 2.08. The van der Waals surface area contributed by atoms with Crippen molar-refractivity contribution in [3.05, 3.63) is 28.0 Å². The van der Waals surface area contributed by atoms with Gasteiger partial charge >= 0.3 is 11.9 Å². The van der Waals surface area contributed by atoms with Crippen LogP contribution in [-0.4, -0.2) is 29.1 Å². The molecule has 1 aromatic rings. The molecule has 1 aromatic heterocycles. The lowest BCUT2D eigenvalue weighted by atomic mass is 10.3. The van der Waals surface area contributed by atoms with Gasteiger partial charge in [-0.1, -0.05) is 0 Å². The minimum absolute atomic E-state index is 0.0487. The van der Waals surface area contributed by atoms with E-state index in [9.17, 15) is 9.59 Å². The van der Waals surface area contributed by atoms with Gasteiger partial charge in [-0.2, -0.15) is 0 Å². The van der Waals surface area contributed by atoms with Gasteiger partial charge in [-0.15, -0.1) is 0 Å². The van der Waals surface area contributed by atoms with E-state index in [1.54, 1.807) is 0 Å². The quantitative estimate of drug-likeness (QED) is 0.811. The molecule has 0 bridgehead atoms. The van der Waals surface area contributed by atoms with Crippen molar-refractivity contribution in [2.45, 2.75) is 0 Å². The molecule has 0 saturated carbocycles. The molecule has 0 radical (unpaired) electrons. The smallest absolute Gasteiger partial charge is 0.357 e. The number of hydrogen-bond acceptors (Lipinski definition) is 4. The van der Waals surface area contributed by atoms with Gasteiger partial charge in [-0.3, -0.25) is 0 Å². The van der Waals surface area contributed by atoms with Crippen molar-refractivity contribution in [2.75, 3.05) is 7.11 Å². The van der Waals surface area contributed by atoms with Crippen molar-refractivity contribution in [3.8, 4) is 0 Å². The summed E-state index contributed by atoms with van der Waals surface area (Å²) in [4.78, 5) is 25.3. The van der Waals surface area contributed by atoms with Gasteiger partial charge in [-0.25, -0.2) is 14.6 Å². The summed E-state index contributed by atoms with van der Waals surface area (Å²) in [5.74, 6) is -1.87. The lowest BCUT2D eigenvalue weighted by Gasteiger charge is -2.01. The van der Waals surface area contributed by atoms with Gasteiger partial charge in [0.25, 0.3) is 0 Å². The van der Waals surface area contributed by atoms with Gasteiger partial charge in [0.1, 0.15) is 5.69 Å².